The largest absolute Gasteiger partial charge is 0.384 e. The Balaban J connectivity index is 2.89. The fraction of sp³-hybridized carbons (Fsp3) is 0.308. The molecule has 0 amide bonds. The Labute approximate surface area is 90.3 Å². The minimum Gasteiger partial charge on any atom is -0.384 e. The third-order valence-corrected chi connectivity index (χ3v) is 2.46. The lowest BCUT2D eigenvalue weighted by Crippen LogP contribution is -2.26. The van der Waals surface area contributed by atoms with Gasteiger partial charge in [0, 0.05) is 12.3 Å². The van der Waals surface area contributed by atoms with Gasteiger partial charge in [0.05, 0.1) is 0 Å². The normalized spacial score (nSPS) is 14.3. The third kappa shape index (κ3) is 2.77. The molecule has 1 N–H and O–H groups in total. The van der Waals surface area contributed by atoms with E-state index < -0.39 is 6.10 Å². The van der Waals surface area contributed by atoms with Crippen molar-refractivity contribution in [3.63, 3.8) is 0 Å². The first-order valence-corrected chi connectivity index (χ1v) is 5.09. The number of ketones is 1. The van der Waals surface area contributed by atoms with Crippen LogP contribution in [0.2, 0.25) is 0 Å². The summed E-state index contributed by atoms with van der Waals surface area (Å²) in [7, 11) is 0. The van der Waals surface area contributed by atoms with E-state index in [0.29, 0.717) is 6.42 Å². The minimum absolute atomic E-state index is 0.149. The van der Waals surface area contributed by atoms with Crippen LogP contribution >= 0.6 is 0 Å². The molecule has 80 valence electrons. The van der Waals surface area contributed by atoms with Gasteiger partial charge in [-0.25, -0.2) is 0 Å². The molecule has 0 aliphatic rings. The highest BCUT2D eigenvalue weighted by Crippen LogP contribution is 2.21. The number of hydrogen-bond acceptors (Lipinski definition) is 2. The number of carbonyl (C=O) groups excluding carboxylic acids is 1. The summed E-state index contributed by atoms with van der Waals surface area (Å²) >= 11 is 0. The zero-order valence-electron chi connectivity index (χ0n) is 8.89. The number of carbonyl (C=O) groups is 1. The van der Waals surface area contributed by atoms with E-state index >= 15 is 0 Å². The van der Waals surface area contributed by atoms with Crippen LogP contribution in [0.1, 0.15) is 24.8 Å². The Morgan fingerprint density at radius 2 is 2.07 bits per heavy atom. The standard InChI is InChI=1S/C13H16O2/c1-3-11(13(15)12(14)4-2)10-8-6-5-7-9-10/h3,5-9,11,13,15H,1,4H2,2H3/t11-,13-/m1/s1. The van der Waals surface area contributed by atoms with Crippen LogP contribution in [0.4, 0.5) is 0 Å². The Kier molecular flexibility index (Phi) is 4.25. The Morgan fingerprint density at radius 3 is 2.53 bits per heavy atom. The van der Waals surface area contributed by atoms with E-state index in [1.807, 2.05) is 30.3 Å². The molecule has 0 bridgehead atoms. The van der Waals surface area contributed by atoms with Crippen molar-refractivity contribution in [2.75, 3.05) is 0 Å². The molecule has 15 heavy (non-hydrogen) atoms. The SMILES string of the molecule is C=C[C@H](c1ccccc1)[C@@H](O)C(=O)CC. The molecule has 2 heteroatoms. The molecular weight excluding hydrogens is 188 g/mol. The summed E-state index contributed by atoms with van der Waals surface area (Å²) < 4.78 is 0. The molecule has 0 fully saturated rings. The second kappa shape index (κ2) is 5.47. The number of aliphatic hydroxyl groups is 1. The molecule has 2 atom stereocenters. The lowest BCUT2D eigenvalue weighted by molar-refractivity contribution is -0.127. The second-order valence-electron chi connectivity index (χ2n) is 3.44. The summed E-state index contributed by atoms with van der Waals surface area (Å²) in [6, 6.07) is 9.44. The van der Waals surface area contributed by atoms with Gasteiger partial charge < -0.3 is 5.11 Å². The quantitative estimate of drug-likeness (QED) is 0.747. The monoisotopic (exact) mass is 204 g/mol. The highest BCUT2D eigenvalue weighted by atomic mass is 16.3. The third-order valence-electron chi connectivity index (χ3n) is 2.46. The number of aliphatic hydroxyl groups excluding tert-OH is 1. The summed E-state index contributed by atoms with van der Waals surface area (Å²) in [6.07, 6.45) is 0.987. The van der Waals surface area contributed by atoms with E-state index in [0.717, 1.165) is 5.56 Å². The van der Waals surface area contributed by atoms with Crippen molar-refractivity contribution < 1.29 is 9.90 Å². The molecule has 0 saturated heterocycles. The highest BCUT2D eigenvalue weighted by Gasteiger charge is 2.23. The molecule has 0 unspecified atom stereocenters. The van der Waals surface area contributed by atoms with Gasteiger partial charge in [0.2, 0.25) is 0 Å². The van der Waals surface area contributed by atoms with E-state index in [9.17, 15) is 9.90 Å². The van der Waals surface area contributed by atoms with Crippen molar-refractivity contribution in [2.24, 2.45) is 0 Å². The summed E-state index contributed by atoms with van der Waals surface area (Å²) in [5.41, 5.74) is 0.918. The van der Waals surface area contributed by atoms with E-state index in [1.165, 1.54) is 0 Å². The van der Waals surface area contributed by atoms with Gasteiger partial charge in [-0.15, -0.1) is 6.58 Å². The average Bonchev–Trinajstić information content (AvgIpc) is 2.30. The van der Waals surface area contributed by atoms with Crippen molar-refractivity contribution in [3.8, 4) is 0 Å². The van der Waals surface area contributed by atoms with Gasteiger partial charge in [-0.05, 0) is 5.56 Å². The van der Waals surface area contributed by atoms with Crippen LogP contribution in [0.5, 0.6) is 0 Å². The molecule has 1 rings (SSSR count). The van der Waals surface area contributed by atoms with Crippen LogP contribution in [0, 0.1) is 0 Å². The van der Waals surface area contributed by atoms with Crippen LogP contribution < -0.4 is 0 Å². The average molecular weight is 204 g/mol. The Hall–Kier alpha value is -1.41. The predicted octanol–water partition coefficient (Wildman–Crippen LogP) is 2.30. The van der Waals surface area contributed by atoms with Crippen molar-refractivity contribution in [3.05, 3.63) is 48.6 Å². The molecule has 0 heterocycles. The molecule has 0 radical (unpaired) electrons. The first-order valence-electron chi connectivity index (χ1n) is 5.09. The molecule has 0 aliphatic heterocycles. The Bertz CT molecular complexity index is 330. The lowest BCUT2D eigenvalue weighted by atomic mass is 9.90. The zero-order valence-corrected chi connectivity index (χ0v) is 8.89. The van der Waals surface area contributed by atoms with Crippen LogP contribution in [0.15, 0.2) is 43.0 Å². The molecule has 1 aromatic carbocycles. The molecule has 2 nitrogen and oxygen atoms in total. The van der Waals surface area contributed by atoms with Gasteiger partial charge in [0.15, 0.2) is 5.78 Å². The van der Waals surface area contributed by atoms with Crippen molar-refractivity contribution in [2.45, 2.75) is 25.4 Å². The topological polar surface area (TPSA) is 37.3 Å². The second-order valence-corrected chi connectivity index (χ2v) is 3.44. The summed E-state index contributed by atoms with van der Waals surface area (Å²) in [5.74, 6) is -0.456. The fourth-order valence-corrected chi connectivity index (χ4v) is 1.53. The summed E-state index contributed by atoms with van der Waals surface area (Å²) in [6.45, 7) is 5.41. The van der Waals surface area contributed by atoms with E-state index in [4.69, 9.17) is 0 Å². The predicted molar refractivity (Wildman–Crippen MR) is 60.7 cm³/mol. The highest BCUT2D eigenvalue weighted by molar-refractivity contribution is 5.83. The summed E-state index contributed by atoms with van der Waals surface area (Å²) in [5, 5.41) is 9.81. The Morgan fingerprint density at radius 1 is 1.47 bits per heavy atom. The van der Waals surface area contributed by atoms with Gasteiger partial charge in [-0.1, -0.05) is 43.3 Å². The van der Waals surface area contributed by atoms with Gasteiger partial charge in [-0.2, -0.15) is 0 Å². The molecule has 0 saturated carbocycles. The first kappa shape index (κ1) is 11.7. The van der Waals surface area contributed by atoms with Gasteiger partial charge >= 0.3 is 0 Å². The van der Waals surface area contributed by atoms with Crippen molar-refractivity contribution in [1.29, 1.82) is 0 Å². The van der Waals surface area contributed by atoms with Gasteiger partial charge in [0.1, 0.15) is 6.10 Å². The van der Waals surface area contributed by atoms with Crippen molar-refractivity contribution in [1.82, 2.24) is 0 Å². The van der Waals surface area contributed by atoms with Crippen molar-refractivity contribution >= 4 is 5.78 Å². The maximum atomic E-state index is 11.4. The van der Waals surface area contributed by atoms with E-state index in [2.05, 4.69) is 6.58 Å². The number of benzene rings is 1. The van der Waals surface area contributed by atoms with E-state index in [1.54, 1.807) is 13.0 Å². The molecular formula is C13H16O2. The molecule has 1 aromatic rings. The first-order chi connectivity index (χ1) is 7.20. The maximum Gasteiger partial charge on any atom is 0.161 e. The zero-order chi connectivity index (χ0) is 11.3. The van der Waals surface area contributed by atoms with Gasteiger partial charge in [0.25, 0.3) is 0 Å². The molecule has 0 aromatic heterocycles. The maximum absolute atomic E-state index is 11.4. The number of Topliss-reactive ketones (excluding diaryl/α,β-unsaturated/α-hetero) is 1. The smallest absolute Gasteiger partial charge is 0.161 e. The van der Waals surface area contributed by atoms with Gasteiger partial charge in [-0.3, -0.25) is 4.79 Å². The van der Waals surface area contributed by atoms with Crippen LogP contribution in [0.3, 0.4) is 0 Å². The lowest BCUT2D eigenvalue weighted by Gasteiger charge is -2.18. The molecule has 0 aliphatic carbocycles. The van der Waals surface area contributed by atoms with Crippen LogP contribution in [0.25, 0.3) is 0 Å². The van der Waals surface area contributed by atoms with Crippen LogP contribution in [-0.4, -0.2) is 17.0 Å². The number of hydrogen-bond donors (Lipinski definition) is 1. The molecule has 0 spiro atoms. The summed E-state index contributed by atoms with van der Waals surface area (Å²) in [4.78, 5) is 11.4. The van der Waals surface area contributed by atoms with E-state index in [-0.39, 0.29) is 11.7 Å². The fourth-order valence-electron chi connectivity index (χ4n) is 1.53. The minimum atomic E-state index is -0.977. The number of rotatable bonds is 5. The van der Waals surface area contributed by atoms with Crippen LogP contribution in [-0.2, 0) is 4.79 Å².